The Morgan fingerprint density at radius 1 is 1.20 bits per heavy atom. The fraction of sp³-hybridized carbons (Fsp3) is 0.167. The number of hydrogen-bond donors (Lipinski definition) is 2. The molecule has 3 rings (SSSR count). The summed E-state index contributed by atoms with van der Waals surface area (Å²) in [7, 11) is -2.78. The Labute approximate surface area is 146 Å². The number of nitrogens with zero attached hydrogens (tertiary/aromatic N) is 1. The highest BCUT2D eigenvalue weighted by atomic mass is 31.1. The smallest absolute Gasteiger partial charge is 0.368 e. The van der Waals surface area contributed by atoms with Crippen LogP contribution in [0, 0.1) is 6.92 Å². The summed E-state index contributed by atoms with van der Waals surface area (Å²) in [6.45, 7) is 1.82. The monoisotopic (exact) mass is 358 g/mol. The van der Waals surface area contributed by atoms with Gasteiger partial charge in [0.25, 0.3) is 0 Å². The molecule has 0 aliphatic carbocycles. The van der Waals surface area contributed by atoms with Gasteiger partial charge in [-0.05, 0) is 18.4 Å². The van der Waals surface area contributed by atoms with Crippen molar-refractivity contribution in [1.29, 1.82) is 0 Å². The van der Waals surface area contributed by atoms with E-state index in [-0.39, 0.29) is 18.9 Å². The van der Waals surface area contributed by atoms with Crippen molar-refractivity contribution in [2.75, 3.05) is 0 Å². The average molecular weight is 358 g/mol. The zero-order valence-electron chi connectivity index (χ0n) is 13.7. The molecule has 2 aromatic carbocycles. The van der Waals surface area contributed by atoms with Crippen LogP contribution in [0.5, 0.6) is 11.5 Å². The number of pyridine rings is 1. The van der Waals surface area contributed by atoms with Gasteiger partial charge in [0.05, 0.1) is 12.3 Å². The Balaban J connectivity index is 1.72. The molecule has 6 nitrogen and oxygen atoms in total. The van der Waals surface area contributed by atoms with Crippen molar-refractivity contribution in [1.82, 2.24) is 4.98 Å². The van der Waals surface area contributed by atoms with Gasteiger partial charge in [-0.3, -0.25) is 9.51 Å². The fourth-order valence-electron chi connectivity index (χ4n) is 2.58. The molecule has 3 aromatic rings. The van der Waals surface area contributed by atoms with Crippen LogP contribution in [0.25, 0.3) is 10.8 Å². The van der Waals surface area contributed by atoms with Crippen LogP contribution in [0.1, 0.15) is 16.8 Å². The van der Waals surface area contributed by atoms with Crippen molar-refractivity contribution < 1.29 is 18.7 Å². The Hall–Kier alpha value is -2.40. The quantitative estimate of drug-likeness (QED) is 0.653. The van der Waals surface area contributed by atoms with E-state index >= 15 is 0 Å². The van der Waals surface area contributed by atoms with Gasteiger partial charge in [0.2, 0.25) is 0 Å². The molecular weight excluding hydrogens is 339 g/mol. The lowest BCUT2D eigenvalue weighted by molar-refractivity contribution is 0.275. The van der Waals surface area contributed by atoms with E-state index in [0.29, 0.717) is 22.6 Å². The van der Waals surface area contributed by atoms with E-state index in [9.17, 15) is 9.67 Å². The van der Waals surface area contributed by atoms with Gasteiger partial charge < -0.3 is 15.4 Å². The number of aromatic nitrogens is 1. The summed E-state index contributed by atoms with van der Waals surface area (Å²) in [5.74, 6) is 0.546. The molecule has 25 heavy (non-hydrogen) atoms. The minimum Gasteiger partial charge on any atom is -0.506 e. The number of nitrogens with two attached hydrogens (primary N) is 1. The molecule has 0 bridgehead atoms. The Morgan fingerprint density at radius 2 is 1.96 bits per heavy atom. The molecule has 1 aromatic heterocycles. The largest absolute Gasteiger partial charge is 0.506 e. The summed E-state index contributed by atoms with van der Waals surface area (Å²) in [5.41, 5.74) is 7.28. The molecule has 130 valence electrons. The summed E-state index contributed by atoms with van der Waals surface area (Å²) in [6, 6.07) is 13.2. The van der Waals surface area contributed by atoms with Crippen LogP contribution >= 0.6 is 8.25 Å². The first-order valence-electron chi connectivity index (χ1n) is 7.79. The zero-order valence-corrected chi connectivity index (χ0v) is 14.7. The maximum absolute atomic E-state index is 12.2. The third kappa shape index (κ3) is 3.82. The number of aromatic hydroxyl groups is 1. The molecule has 0 fully saturated rings. The van der Waals surface area contributed by atoms with Crippen molar-refractivity contribution in [2.24, 2.45) is 5.73 Å². The van der Waals surface area contributed by atoms with Gasteiger partial charge >= 0.3 is 8.25 Å². The van der Waals surface area contributed by atoms with Crippen LogP contribution < -0.4 is 10.3 Å². The maximum atomic E-state index is 12.2. The van der Waals surface area contributed by atoms with Crippen molar-refractivity contribution in [2.45, 2.75) is 20.1 Å². The van der Waals surface area contributed by atoms with Crippen LogP contribution in [-0.2, 0) is 22.2 Å². The van der Waals surface area contributed by atoms with E-state index in [1.54, 1.807) is 19.2 Å². The fourth-order valence-corrected chi connectivity index (χ4v) is 3.27. The maximum Gasteiger partial charge on any atom is 0.368 e. The summed E-state index contributed by atoms with van der Waals surface area (Å²) in [6.07, 6.45) is 1.56. The van der Waals surface area contributed by atoms with Gasteiger partial charge in [0.1, 0.15) is 11.5 Å². The predicted molar refractivity (Wildman–Crippen MR) is 96.9 cm³/mol. The Morgan fingerprint density at radius 3 is 2.76 bits per heavy atom. The first kappa shape index (κ1) is 17.4. The SMILES string of the molecule is Cc1ncc(CO[PH](=O)Oc2cccc3ccccc23)c(CN)c1O. The average Bonchev–Trinajstić information content (AvgIpc) is 2.63. The summed E-state index contributed by atoms with van der Waals surface area (Å²) >= 11 is 0. The highest BCUT2D eigenvalue weighted by Crippen LogP contribution is 2.35. The van der Waals surface area contributed by atoms with Crippen molar-refractivity contribution >= 4 is 19.0 Å². The second-order valence-corrected chi connectivity index (χ2v) is 6.51. The van der Waals surface area contributed by atoms with Gasteiger partial charge in [0, 0.05) is 29.3 Å². The van der Waals surface area contributed by atoms with Gasteiger partial charge in [-0.15, -0.1) is 0 Å². The number of hydrogen-bond acceptors (Lipinski definition) is 6. The van der Waals surface area contributed by atoms with Gasteiger partial charge in [-0.2, -0.15) is 0 Å². The zero-order chi connectivity index (χ0) is 17.8. The van der Waals surface area contributed by atoms with Crippen molar-refractivity contribution in [3.8, 4) is 11.5 Å². The molecular formula is C18H19N2O4P. The summed E-state index contributed by atoms with van der Waals surface area (Å²) < 4.78 is 23.0. The van der Waals surface area contributed by atoms with Crippen molar-refractivity contribution in [3.63, 3.8) is 0 Å². The highest BCUT2D eigenvalue weighted by Gasteiger charge is 2.13. The molecule has 1 atom stereocenters. The molecule has 0 saturated heterocycles. The standard InChI is InChI=1S/C18H19N2O4P/c1-12-18(21)16(9-19)14(10-20-12)11-23-25(22)24-17-8-4-6-13-5-2-3-7-15(13)17/h2-8,10,21,25H,9,11,19H2,1H3. The molecule has 0 saturated carbocycles. The van der Waals surface area contributed by atoms with Gasteiger partial charge in [-0.25, -0.2) is 4.57 Å². The molecule has 0 amide bonds. The van der Waals surface area contributed by atoms with E-state index < -0.39 is 8.25 Å². The lowest BCUT2D eigenvalue weighted by Crippen LogP contribution is -2.05. The van der Waals surface area contributed by atoms with Crippen LogP contribution in [0.3, 0.4) is 0 Å². The van der Waals surface area contributed by atoms with Crippen molar-refractivity contribution in [3.05, 3.63) is 65.5 Å². The molecule has 3 N–H and O–H groups in total. The summed E-state index contributed by atoms with van der Waals surface area (Å²) in [5, 5.41) is 11.9. The molecule has 0 aliphatic rings. The topological polar surface area (TPSA) is 94.7 Å². The van der Waals surface area contributed by atoms with Crippen LogP contribution in [0.4, 0.5) is 0 Å². The van der Waals surface area contributed by atoms with Gasteiger partial charge in [0.15, 0.2) is 0 Å². The minimum atomic E-state index is -2.78. The molecule has 0 radical (unpaired) electrons. The molecule has 7 heteroatoms. The van der Waals surface area contributed by atoms with E-state index in [2.05, 4.69) is 4.98 Å². The van der Waals surface area contributed by atoms with Crippen LogP contribution in [0.2, 0.25) is 0 Å². The normalized spacial score (nSPS) is 12.2. The minimum absolute atomic E-state index is 0.00403. The second-order valence-electron chi connectivity index (χ2n) is 5.52. The van der Waals surface area contributed by atoms with E-state index in [4.69, 9.17) is 14.8 Å². The number of rotatable bonds is 6. The lowest BCUT2D eigenvalue weighted by atomic mass is 10.1. The van der Waals surface area contributed by atoms with E-state index in [0.717, 1.165) is 10.8 Å². The molecule has 1 heterocycles. The van der Waals surface area contributed by atoms with E-state index in [1.807, 2.05) is 36.4 Å². The predicted octanol–water partition coefficient (Wildman–Crippen LogP) is 3.69. The second kappa shape index (κ2) is 7.66. The van der Waals surface area contributed by atoms with E-state index in [1.165, 1.54) is 0 Å². The Kier molecular flexibility index (Phi) is 5.34. The molecule has 0 spiro atoms. The third-order valence-electron chi connectivity index (χ3n) is 3.92. The number of aryl methyl sites for hydroxylation is 1. The summed E-state index contributed by atoms with van der Waals surface area (Å²) in [4.78, 5) is 4.07. The first-order valence-corrected chi connectivity index (χ1v) is 9.01. The number of fused-ring (bicyclic) bond motifs is 1. The van der Waals surface area contributed by atoms with Gasteiger partial charge in [-0.1, -0.05) is 36.4 Å². The molecule has 0 aliphatic heterocycles. The molecule has 1 unspecified atom stereocenters. The first-order chi connectivity index (χ1) is 12.1. The van der Waals surface area contributed by atoms with Crippen LogP contribution in [-0.4, -0.2) is 10.1 Å². The van der Waals surface area contributed by atoms with Crippen LogP contribution in [0.15, 0.2) is 48.7 Å². The number of benzene rings is 2. The highest BCUT2D eigenvalue weighted by molar-refractivity contribution is 7.33. The third-order valence-corrected chi connectivity index (χ3v) is 4.69. The Bertz CT molecular complexity index is 925. The lowest BCUT2D eigenvalue weighted by Gasteiger charge is -2.12.